The third-order valence-electron chi connectivity index (χ3n) is 3.94. The van der Waals surface area contributed by atoms with Crippen molar-refractivity contribution in [1.29, 1.82) is 0 Å². The number of aryl methyl sites for hydroxylation is 1. The molecule has 27 heavy (non-hydrogen) atoms. The Morgan fingerprint density at radius 3 is 2.93 bits per heavy atom. The zero-order valence-corrected chi connectivity index (χ0v) is 16.8. The van der Waals surface area contributed by atoms with Crippen LogP contribution in [0, 0.1) is 6.92 Å². The summed E-state index contributed by atoms with van der Waals surface area (Å²) in [5, 5.41) is 13.7. The average molecular weight is 405 g/mol. The number of benzene rings is 1. The zero-order valence-electron chi connectivity index (χ0n) is 15.2. The van der Waals surface area contributed by atoms with Gasteiger partial charge in [-0.3, -0.25) is 9.69 Å². The van der Waals surface area contributed by atoms with E-state index in [9.17, 15) is 4.79 Å². The molecule has 6 nitrogen and oxygen atoms in total. The molecular weight excluding hydrogens is 384 g/mol. The first-order valence-corrected chi connectivity index (χ1v) is 9.95. The molecule has 0 fully saturated rings. The van der Waals surface area contributed by atoms with E-state index >= 15 is 0 Å². The summed E-state index contributed by atoms with van der Waals surface area (Å²) in [4.78, 5) is 15.4. The number of anilines is 1. The molecule has 8 heteroatoms. The number of carbonyl (C=O) groups excluding carboxylic acids is 1. The van der Waals surface area contributed by atoms with E-state index in [4.69, 9.17) is 16.0 Å². The number of carbonyl (C=O) groups is 1. The highest BCUT2D eigenvalue weighted by molar-refractivity contribution is 7.13. The van der Waals surface area contributed by atoms with Gasteiger partial charge in [0.25, 0.3) is 5.89 Å². The van der Waals surface area contributed by atoms with Gasteiger partial charge >= 0.3 is 0 Å². The third kappa shape index (κ3) is 5.38. The van der Waals surface area contributed by atoms with E-state index in [1.54, 1.807) is 23.5 Å². The van der Waals surface area contributed by atoms with Crippen molar-refractivity contribution in [2.45, 2.75) is 26.8 Å². The lowest BCUT2D eigenvalue weighted by molar-refractivity contribution is -0.117. The monoisotopic (exact) mass is 404 g/mol. The fraction of sp³-hybridized carbons (Fsp3) is 0.316. The normalized spacial score (nSPS) is 11.1. The zero-order chi connectivity index (χ0) is 19.2. The lowest BCUT2D eigenvalue weighted by atomic mass is 10.2. The van der Waals surface area contributed by atoms with Gasteiger partial charge in [0.05, 0.1) is 18.0 Å². The van der Waals surface area contributed by atoms with E-state index in [1.807, 2.05) is 35.4 Å². The fourth-order valence-corrected chi connectivity index (χ4v) is 3.48. The maximum Gasteiger partial charge on any atom is 0.257 e. The SMILES string of the molecule is CCCN(CC(=O)Nc1cc(Cl)ccc1C)Cc1nnc(-c2cccs2)o1. The minimum atomic E-state index is -0.105. The second kappa shape index (κ2) is 9.12. The molecule has 0 saturated heterocycles. The van der Waals surface area contributed by atoms with Gasteiger partial charge in [0.1, 0.15) is 0 Å². The summed E-state index contributed by atoms with van der Waals surface area (Å²) in [5.41, 5.74) is 1.69. The van der Waals surface area contributed by atoms with E-state index in [2.05, 4.69) is 22.4 Å². The van der Waals surface area contributed by atoms with Crippen molar-refractivity contribution in [3.63, 3.8) is 0 Å². The van der Waals surface area contributed by atoms with Crippen LogP contribution < -0.4 is 5.32 Å². The standard InChI is InChI=1S/C19H21ClN4O2S/c1-3-8-24(11-17(25)21-15-10-14(20)7-6-13(15)2)12-18-22-23-19(26-18)16-5-4-9-27-16/h4-7,9-10H,3,8,11-12H2,1-2H3,(H,21,25). The van der Waals surface area contributed by atoms with Crippen LogP contribution in [0.3, 0.4) is 0 Å². The number of halogens is 1. The lowest BCUT2D eigenvalue weighted by Crippen LogP contribution is -2.33. The van der Waals surface area contributed by atoms with Crippen LogP contribution in [0.25, 0.3) is 10.8 Å². The molecule has 3 rings (SSSR count). The van der Waals surface area contributed by atoms with Crippen molar-refractivity contribution in [1.82, 2.24) is 15.1 Å². The first-order chi connectivity index (χ1) is 13.0. The molecule has 0 aliphatic carbocycles. The van der Waals surface area contributed by atoms with Crippen LogP contribution in [0.1, 0.15) is 24.8 Å². The average Bonchev–Trinajstić information content (AvgIpc) is 3.29. The summed E-state index contributed by atoms with van der Waals surface area (Å²) < 4.78 is 5.74. The lowest BCUT2D eigenvalue weighted by Gasteiger charge is -2.19. The van der Waals surface area contributed by atoms with Crippen molar-refractivity contribution in [3.8, 4) is 10.8 Å². The van der Waals surface area contributed by atoms with Crippen LogP contribution in [0.2, 0.25) is 5.02 Å². The molecule has 2 aromatic heterocycles. The van der Waals surface area contributed by atoms with Gasteiger partial charge in [-0.05, 0) is 49.0 Å². The number of thiophene rings is 1. The van der Waals surface area contributed by atoms with Crippen molar-refractivity contribution in [3.05, 3.63) is 52.2 Å². The molecule has 1 amide bonds. The predicted molar refractivity (Wildman–Crippen MR) is 108 cm³/mol. The van der Waals surface area contributed by atoms with Crippen LogP contribution >= 0.6 is 22.9 Å². The maximum absolute atomic E-state index is 12.5. The number of aromatic nitrogens is 2. The topological polar surface area (TPSA) is 71.3 Å². The van der Waals surface area contributed by atoms with E-state index in [-0.39, 0.29) is 12.5 Å². The van der Waals surface area contributed by atoms with Crippen molar-refractivity contribution < 1.29 is 9.21 Å². The number of rotatable bonds is 8. The Balaban J connectivity index is 1.63. The van der Waals surface area contributed by atoms with Gasteiger partial charge in [0, 0.05) is 10.7 Å². The molecule has 0 aliphatic rings. The minimum Gasteiger partial charge on any atom is -0.419 e. The van der Waals surface area contributed by atoms with E-state index < -0.39 is 0 Å². The second-order valence-corrected chi connectivity index (χ2v) is 7.58. The molecule has 0 spiro atoms. The van der Waals surface area contributed by atoms with Gasteiger partial charge in [0.2, 0.25) is 11.8 Å². The Bertz CT molecular complexity index is 895. The fourth-order valence-electron chi connectivity index (χ4n) is 2.66. The van der Waals surface area contributed by atoms with Crippen LogP contribution in [0.5, 0.6) is 0 Å². The van der Waals surface area contributed by atoms with Crippen molar-refractivity contribution in [2.75, 3.05) is 18.4 Å². The largest absolute Gasteiger partial charge is 0.419 e. The molecule has 2 heterocycles. The summed E-state index contributed by atoms with van der Waals surface area (Å²) >= 11 is 7.57. The van der Waals surface area contributed by atoms with Gasteiger partial charge in [-0.25, -0.2) is 0 Å². The Morgan fingerprint density at radius 1 is 1.33 bits per heavy atom. The highest BCUT2D eigenvalue weighted by Crippen LogP contribution is 2.23. The van der Waals surface area contributed by atoms with Gasteiger partial charge in [-0.2, -0.15) is 0 Å². The Kier molecular flexibility index (Phi) is 6.60. The van der Waals surface area contributed by atoms with E-state index in [1.165, 1.54) is 0 Å². The minimum absolute atomic E-state index is 0.105. The second-order valence-electron chi connectivity index (χ2n) is 6.20. The van der Waals surface area contributed by atoms with Gasteiger partial charge in [0.15, 0.2) is 0 Å². The summed E-state index contributed by atoms with van der Waals surface area (Å²) in [6.07, 6.45) is 0.912. The summed E-state index contributed by atoms with van der Waals surface area (Å²) in [6.45, 7) is 5.40. The molecule has 0 bridgehead atoms. The van der Waals surface area contributed by atoms with E-state index in [0.717, 1.165) is 29.1 Å². The van der Waals surface area contributed by atoms with Crippen LogP contribution in [0.4, 0.5) is 5.69 Å². The smallest absolute Gasteiger partial charge is 0.257 e. The number of nitrogens with zero attached hydrogens (tertiary/aromatic N) is 3. The molecule has 0 atom stereocenters. The quantitative estimate of drug-likeness (QED) is 0.593. The highest BCUT2D eigenvalue weighted by Gasteiger charge is 2.16. The third-order valence-corrected chi connectivity index (χ3v) is 5.03. The Labute approximate surface area is 167 Å². The molecule has 0 radical (unpaired) electrons. The molecule has 0 aliphatic heterocycles. The molecule has 3 aromatic rings. The van der Waals surface area contributed by atoms with Gasteiger partial charge in [-0.15, -0.1) is 21.5 Å². The van der Waals surface area contributed by atoms with Crippen molar-refractivity contribution in [2.24, 2.45) is 0 Å². The van der Waals surface area contributed by atoms with Crippen molar-refractivity contribution >= 4 is 34.5 Å². The predicted octanol–water partition coefficient (Wildman–Crippen LogP) is 4.61. The summed E-state index contributed by atoms with van der Waals surface area (Å²) in [5.74, 6) is 0.904. The summed E-state index contributed by atoms with van der Waals surface area (Å²) in [7, 11) is 0. The van der Waals surface area contributed by atoms with Crippen LogP contribution in [0.15, 0.2) is 40.1 Å². The first-order valence-electron chi connectivity index (χ1n) is 8.69. The maximum atomic E-state index is 12.5. The highest BCUT2D eigenvalue weighted by atomic mass is 35.5. The first kappa shape index (κ1) is 19.5. The molecule has 142 valence electrons. The molecule has 0 unspecified atom stereocenters. The number of amides is 1. The molecule has 1 N–H and O–H groups in total. The molecular formula is C19H21ClN4O2S. The number of hydrogen-bond acceptors (Lipinski definition) is 6. The van der Waals surface area contributed by atoms with Gasteiger partial charge in [-0.1, -0.05) is 30.7 Å². The summed E-state index contributed by atoms with van der Waals surface area (Å²) in [6, 6.07) is 9.31. The Morgan fingerprint density at radius 2 is 2.19 bits per heavy atom. The van der Waals surface area contributed by atoms with Crippen LogP contribution in [-0.4, -0.2) is 34.1 Å². The number of hydrogen-bond donors (Lipinski definition) is 1. The molecule has 0 saturated carbocycles. The van der Waals surface area contributed by atoms with Gasteiger partial charge < -0.3 is 9.73 Å². The molecule has 1 aromatic carbocycles. The number of nitrogens with one attached hydrogen (secondary N) is 1. The van der Waals surface area contributed by atoms with E-state index in [0.29, 0.717) is 23.3 Å². The Hall–Kier alpha value is -2.22. The van der Waals surface area contributed by atoms with Crippen LogP contribution in [-0.2, 0) is 11.3 Å².